The third-order valence-electron chi connectivity index (χ3n) is 8.67. The first-order valence-corrected chi connectivity index (χ1v) is 13.0. The van der Waals surface area contributed by atoms with Crippen LogP contribution in [0.4, 0.5) is 13.6 Å². The zero-order chi connectivity index (χ0) is 23.9. The highest BCUT2D eigenvalue weighted by Gasteiger charge is 2.51. The average Bonchev–Trinajstić information content (AvgIpc) is 3.40. The van der Waals surface area contributed by atoms with Gasteiger partial charge in [-0.05, 0) is 57.4 Å². The molecule has 1 unspecified atom stereocenters. The first kappa shape index (κ1) is 23.9. The molecule has 2 saturated carbocycles. The number of nitrogens with zero attached hydrogens (tertiary/aromatic N) is 5. The van der Waals surface area contributed by atoms with Crippen molar-refractivity contribution in [2.45, 2.75) is 75.9 Å². The van der Waals surface area contributed by atoms with E-state index in [9.17, 15) is 4.79 Å². The van der Waals surface area contributed by atoms with Gasteiger partial charge in [0.05, 0.1) is 0 Å². The Balaban J connectivity index is 1.20. The first-order valence-electron chi connectivity index (χ1n) is 13.0. The molecule has 9 heteroatoms. The number of piperazine rings is 1. The van der Waals surface area contributed by atoms with Gasteiger partial charge in [-0.25, -0.2) is 23.5 Å². The number of urea groups is 1. The van der Waals surface area contributed by atoms with Crippen molar-refractivity contribution in [2.75, 3.05) is 39.3 Å². The summed E-state index contributed by atoms with van der Waals surface area (Å²) < 4.78 is 30.2. The van der Waals surface area contributed by atoms with Crippen LogP contribution in [-0.4, -0.2) is 94.0 Å². The molecule has 0 aromatic carbocycles. The minimum Gasteiger partial charge on any atom is -0.328 e. The van der Waals surface area contributed by atoms with Crippen LogP contribution in [0.3, 0.4) is 0 Å². The molecule has 4 fully saturated rings. The van der Waals surface area contributed by atoms with E-state index in [1.807, 2.05) is 6.07 Å². The fourth-order valence-corrected chi connectivity index (χ4v) is 6.75. The van der Waals surface area contributed by atoms with Gasteiger partial charge in [-0.2, -0.15) is 0 Å². The quantitative estimate of drug-likeness (QED) is 0.723. The Hall–Kier alpha value is -1.87. The minimum atomic E-state index is -2.88. The van der Waals surface area contributed by atoms with Crippen molar-refractivity contribution in [1.82, 2.24) is 30.0 Å². The van der Waals surface area contributed by atoms with Gasteiger partial charge >= 0.3 is 6.03 Å². The summed E-state index contributed by atoms with van der Waals surface area (Å²) in [6.07, 6.45) is 6.54. The predicted molar refractivity (Wildman–Crippen MR) is 126 cm³/mol. The Bertz CT molecular complexity index is 833. The molecule has 0 bridgehead atoms. The zero-order valence-corrected chi connectivity index (χ0v) is 20.4. The lowest BCUT2D eigenvalue weighted by molar-refractivity contribution is -0.0971. The van der Waals surface area contributed by atoms with Crippen molar-refractivity contribution in [3.63, 3.8) is 0 Å². The fourth-order valence-electron chi connectivity index (χ4n) is 6.75. The van der Waals surface area contributed by atoms with E-state index < -0.39 is 12.0 Å². The second kappa shape index (κ2) is 9.64. The van der Waals surface area contributed by atoms with E-state index in [4.69, 9.17) is 0 Å². The van der Waals surface area contributed by atoms with Gasteiger partial charge in [0, 0.05) is 76.1 Å². The molecule has 1 aromatic heterocycles. The van der Waals surface area contributed by atoms with Crippen LogP contribution in [0.5, 0.6) is 0 Å². The summed E-state index contributed by atoms with van der Waals surface area (Å²) in [4.78, 5) is 28.4. The number of aromatic nitrogens is 2. The Kier molecular flexibility index (Phi) is 6.77. The molecule has 5 atom stereocenters. The van der Waals surface area contributed by atoms with Gasteiger partial charge in [0.1, 0.15) is 11.9 Å². The number of rotatable bonds is 4. The van der Waals surface area contributed by atoms with Gasteiger partial charge in [0.25, 0.3) is 5.92 Å². The molecule has 0 spiro atoms. The molecule has 188 valence electrons. The maximum Gasteiger partial charge on any atom is 0.317 e. The van der Waals surface area contributed by atoms with Crippen molar-refractivity contribution in [2.24, 2.45) is 11.8 Å². The Morgan fingerprint density at radius 2 is 1.74 bits per heavy atom. The fraction of sp³-hybridized carbons (Fsp3) is 0.800. The van der Waals surface area contributed by atoms with Gasteiger partial charge in [-0.15, -0.1) is 0 Å². The Morgan fingerprint density at radius 3 is 2.35 bits per heavy atom. The number of likely N-dealkylation sites (tertiary alicyclic amines) is 1. The van der Waals surface area contributed by atoms with Gasteiger partial charge in [-0.3, -0.25) is 9.80 Å². The van der Waals surface area contributed by atoms with Crippen LogP contribution in [-0.2, 0) is 0 Å². The lowest BCUT2D eigenvalue weighted by Gasteiger charge is -2.47. The van der Waals surface area contributed by atoms with E-state index in [1.54, 1.807) is 17.3 Å². The molecule has 1 aromatic rings. The highest BCUT2D eigenvalue weighted by molar-refractivity contribution is 5.75. The summed E-state index contributed by atoms with van der Waals surface area (Å²) in [7, 11) is 0. The van der Waals surface area contributed by atoms with Crippen molar-refractivity contribution in [3.8, 4) is 0 Å². The van der Waals surface area contributed by atoms with E-state index in [-0.39, 0.29) is 18.5 Å². The average molecular weight is 477 g/mol. The molecular weight excluding hydrogens is 438 g/mol. The van der Waals surface area contributed by atoms with Gasteiger partial charge in [0.15, 0.2) is 0 Å². The summed E-state index contributed by atoms with van der Waals surface area (Å²) in [5.41, 5.74) is 0. The number of hydrogen-bond acceptors (Lipinski definition) is 5. The summed E-state index contributed by atoms with van der Waals surface area (Å²) in [5, 5.41) is 2.82. The minimum absolute atomic E-state index is 0.148. The number of halogens is 2. The van der Waals surface area contributed by atoms with Crippen LogP contribution < -0.4 is 5.32 Å². The third-order valence-corrected chi connectivity index (χ3v) is 8.67. The van der Waals surface area contributed by atoms with Crippen LogP contribution >= 0.6 is 0 Å². The molecule has 4 aliphatic rings. The van der Waals surface area contributed by atoms with E-state index in [1.165, 1.54) is 0 Å². The van der Waals surface area contributed by atoms with Gasteiger partial charge in [0.2, 0.25) is 0 Å². The summed E-state index contributed by atoms with van der Waals surface area (Å²) in [6.45, 7) is 8.96. The van der Waals surface area contributed by atoms with Crippen LogP contribution in [0.2, 0.25) is 0 Å². The lowest BCUT2D eigenvalue weighted by atomic mass is 9.85. The maximum absolute atomic E-state index is 15.1. The number of carbonyl (C=O) groups is 1. The van der Waals surface area contributed by atoms with Crippen molar-refractivity contribution in [3.05, 3.63) is 24.3 Å². The molecule has 34 heavy (non-hydrogen) atoms. The molecule has 2 amide bonds. The van der Waals surface area contributed by atoms with Crippen LogP contribution in [0, 0.1) is 11.8 Å². The van der Waals surface area contributed by atoms with Crippen LogP contribution in [0.15, 0.2) is 18.5 Å². The standard InChI is InChI=1S/C25H38F2N6O/c1-17(2)31-9-11-32(12-10-31)21-5-3-6-25(26,27)22(21)30-24(34)33-15-19-13-18(14-20(19)16-33)23-28-7-4-8-29-23/h4,7-8,17-22H,3,5-6,9-16H2,1-2H3,(H,30,34)/t18?,19-,20+,21-,22+/m0/s1. The monoisotopic (exact) mass is 476 g/mol. The van der Waals surface area contributed by atoms with Crippen molar-refractivity contribution >= 4 is 6.03 Å². The summed E-state index contributed by atoms with van der Waals surface area (Å²) >= 11 is 0. The molecule has 2 aliphatic heterocycles. The predicted octanol–water partition coefficient (Wildman–Crippen LogP) is 3.19. The molecular formula is C25H38F2N6O. The number of fused-ring (bicyclic) bond motifs is 1. The molecule has 5 rings (SSSR count). The van der Waals surface area contributed by atoms with E-state index >= 15 is 8.78 Å². The second-order valence-electron chi connectivity index (χ2n) is 11.0. The highest BCUT2D eigenvalue weighted by atomic mass is 19.3. The number of hydrogen-bond donors (Lipinski definition) is 1. The van der Waals surface area contributed by atoms with E-state index in [2.05, 4.69) is 38.9 Å². The molecule has 0 radical (unpaired) electrons. The number of nitrogens with one attached hydrogen (secondary N) is 1. The van der Waals surface area contributed by atoms with Gasteiger partial charge < -0.3 is 10.2 Å². The number of carbonyl (C=O) groups excluding carboxylic acids is 1. The molecule has 7 nitrogen and oxygen atoms in total. The van der Waals surface area contributed by atoms with Crippen molar-refractivity contribution < 1.29 is 13.6 Å². The normalized spacial score (nSPS) is 34.4. The molecule has 3 heterocycles. The summed E-state index contributed by atoms with van der Waals surface area (Å²) in [5.74, 6) is -0.871. The molecule has 2 aliphatic carbocycles. The number of alkyl halides is 2. The van der Waals surface area contributed by atoms with E-state index in [0.717, 1.165) is 44.8 Å². The van der Waals surface area contributed by atoms with Crippen LogP contribution in [0.1, 0.15) is 57.7 Å². The van der Waals surface area contributed by atoms with E-state index in [0.29, 0.717) is 49.7 Å². The maximum atomic E-state index is 15.1. The smallest absolute Gasteiger partial charge is 0.317 e. The third kappa shape index (κ3) is 4.78. The van der Waals surface area contributed by atoms with Crippen molar-refractivity contribution in [1.29, 1.82) is 0 Å². The Labute approximate surface area is 201 Å². The summed E-state index contributed by atoms with van der Waals surface area (Å²) in [6, 6.07) is 0.547. The largest absolute Gasteiger partial charge is 0.328 e. The second-order valence-corrected chi connectivity index (χ2v) is 11.0. The SMILES string of the molecule is CC(C)N1CCN([C@H]2CCCC(F)(F)[C@@H]2NC(=O)N2C[C@H]3CC(c4ncccn4)C[C@H]3C2)CC1. The van der Waals surface area contributed by atoms with Crippen LogP contribution in [0.25, 0.3) is 0 Å². The topological polar surface area (TPSA) is 64.6 Å². The molecule has 2 saturated heterocycles. The lowest BCUT2D eigenvalue weighted by Crippen LogP contribution is -2.65. The molecule has 1 N–H and O–H groups in total. The van der Waals surface area contributed by atoms with Gasteiger partial charge in [-0.1, -0.05) is 0 Å². The zero-order valence-electron chi connectivity index (χ0n) is 20.4. The first-order chi connectivity index (χ1) is 16.3. The Morgan fingerprint density at radius 1 is 1.09 bits per heavy atom. The highest BCUT2D eigenvalue weighted by Crippen LogP contribution is 2.45. The number of amides is 2.